The number of carbonyl (C=O) groups is 1. The van der Waals surface area contributed by atoms with Crippen LogP contribution in [0.5, 0.6) is 11.5 Å². The van der Waals surface area contributed by atoms with Crippen LogP contribution in [0.4, 0.5) is 0 Å². The normalized spacial score (nSPS) is 11.9. The van der Waals surface area contributed by atoms with Crippen LogP contribution in [0.1, 0.15) is 43.9 Å². The molecule has 1 N–H and O–H groups in total. The molecule has 1 atom stereocenters. The third-order valence-corrected chi connectivity index (χ3v) is 3.90. The first kappa shape index (κ1) is 17.9. The second-order valence-corrected chi connectivity index (χ2v) is 6.04. The van der Waals surface area contributed by atoms with Crippen LogP contribution >= 0.6 is 0 Å². The van der Waals surface area contributed by atoms with Gasteiger partial charge in [-0.15, -0.1) is 0 Å². The second-order valence-electron chi connectivity index (χ2n) is 6.04. The van der Waals surface area contributed by atoms with Gasteiger partial charge in [0.2, 0.25) is 0 Å². The molecule has 0 fully saturated rings. The molecule has 0 bridgehead atoms. The van der Waals surface area contributed by atoms with Crippen molar-refractivity contribution in [1.82, 2.24) is 5.32 Å². The van der Waals surface area contributed by atoms with E-state index < -0.39 is 0 Å². The number of para-hydroxylation sites is 1. The van der Waals surface area contributed by atoms with E-state index in [-0.39, 0.29) is 18.6 Å². The minimum Gasteiger partial charge on any atom is -0.496 e. The molecule has 128 valence electrons. The van der Waals surface area contributed by atoms with Crippen molar-refractivity contribution in [2.75, 3.05) is 13.7 Å². The van der Waals surface area contributed by atoms with E-state index >= 15 is 0 Å². The Hall–Kier alpha value is -2.49. The van der Waals surface area contributed by atoms with Crippen LogP contribution < -0.4 is 14.8 Å². The van der Waals surface area contributed by atoms with Gasteiger partial charge in [0, 0.05) is 5.56 Å². The highest BCUT2D eigenvalue weighted by Crippen LogP contribution is 2.24. The quantitative estimate of drug-likeness (QED) is 0.834. The summed E-state index contributed by atoms with van der Waals surface area (Å²) >= 11 is 0. The molecule has 24 heavy (non-hydrogen) atoms. The molecule has 0 saturated carbocycles. The molecule has 0 aliphatic rings. The molecule has 0 aliphatic carbocycles. The minimum atomic E-state index is -0.165. The Labute approximate surface area is 143 Å². The zero-order valence-corrected chi connectivity index (χ0v) is 14.7. The molecule has 2 rings (SSSR count). The van der Waals surface area contributed by atoms with Crippen molar-refractivity contribution in [1.29, 1.82) is 0 Å². The average Bonchev–Trinajstić information content (AvgIpc) is 2.60. The van der Waals surface area contributed by atoms with E-state index in [4.69, 9.17) is 9.47 Å². The van der Waals surface area contributed by atoms with Gasteiger partial charge in [-0.05, 0) is 36.6 Å². The number of benzene rings is 2. The fraction of sp³-hybridized carbons (Fsp3) is 0.350. The molecular weight excluding hydrogens is 302 g/mol. The molecule has 0 aromatic heterocycles. The van der Waals surface area contributed by atoms with Gasteiger partial charge in [-0.2, -0.15) is 0 Å². The van der Waals surface area contributed by atoms with E-state index in [1.54, 1.807) is 7.11 Å². The molecule has 0 saturated heterocycles. The highest BCUT2D eigenvalue weighted by Gasteiger charge is 2.14. The zero-order valence-electron chi connectivity index (χ0n) is 14.7. The van der Waals surface area contributed by atoms with Crippen LogP contribution in [0.2, 0.25) is 0 Å². The predicted molar refractivity (Wildman–Crippen MR) is 95.6 cm³/mol. The number of rotatable bonds is 7. The molecule has 0 aliphatic heterocycles. The van der Waals surface area contributed by atoms with Gasteiger partial charge in [0.15, 0.2) is 6.61 Å². The fourth-order valence-corrected chi connectivity index (χ4v) is 2.48. The van der Waals surface area contributed by atoms with Crippen molar-refractivity contribution in [2.45, 2.75) is 32.7 Å². The Balaban J connectivity index is 1.88. The van der Waals surface area contributed by atoms with Gasteiger partial charge in [0.25, 0.3) is 5.91 Å². The smallest absolute Gasteiger partial charge is 0.258 e. The summed E-state index contributed by atoms with van der Waals surface area (Å²) < 4.78 is 10.9. The highest BCUT2D eigenvalue weighted by molar-refractivity contribution is 5.78. The third-order valence-electron chi connectivity index (χ3n) is 3.90. The Morgan fingerprint density at radius 3 is 2.33 bits per heavy atom. The Morgan fingerprint density at radius 1 is 1.04 bits per heavy atom. The standard InChI is InChI=1S/C20H25NO3/c1-14(2)16-9-11-17(12-10-16)24-13-20(22)21-15(3)18-7-5-6-8-19(18)23-4/h5-12,14-15H,13H2,1-4H3,(H,21,22)/t15-/m0/s1. The van der Waals surface area contributed by atoms with Crippen LogP contribution in [0.15, 0.2) is 48.5 Å². The van der Waals surface area contributed by atoms with Crippen molar-refractivity contribution in [3.05, 3.63) is 59.7 Å². The van der Waals surface area contributed by atoms with Gasteiger partial charge < -0.3 is 14.8 Å². The average molecular weight is 327 g/mol. The zero-order chi connectivity index (χ0) is 17.5. The summed E-state index contributed by atoms with van der Waals surface area (Å²) in [6.45, 7) is 6.19. The Morgan fingerprint density at radius 2 is 1.71 bits per heavy atom. The number of carbonyl (C=O) groups excluding carboxylic acids is 1. The molecule has 0 radical (unpaired) electrons. The summed E-state index contributed by atoms with van der Waals surface area (Å²) in [5.74, 6) is 1.76. The second kappa shape index (κ2) is 8.39. The summed E-state index contributed by atoms with van der Waals surface area (Å²) in [6.07, 6.45) is 0. The summed E-state index contributed by atoms with van der Waals surface area (Å²) in [5, 5.41) is 2.93. The number of amides is 1. The van der Waals surface area contributed by atoms with Crippen LogP contribution in [0, 0.1) is 0 Å². The van der Waals surface area contributed by atoms with Gasteiger partial charge in [-0.1, -0.05) is 44.2 Å². The first-order valence-corrected chi connectivity index (χ1v) is 8.16. The van der Waals surface area contributed by atoms with Crippen molar-refractivity contribution in [3.8, 4) is 11.5 Å². The number of hydrogen-bond donors (Lipinski definition) is 1. The van der Waals surface area contributed by atoms with E-state index in [1.165, 1.54) is 5.56 Å². The molecule has 2 aromatic carbocycles. The molecule has 0 spiro atoms. The summed E-state index contributed by atoms with van der Waals surface area (Å²) in [4.78, 5) is 12.1. The van der Waals surface area contributed by atoms with E-state index in [0.717, 1.165) is 11.3 Å². The molecule has 0 heterocycles. The van der Waals surface area contributed by atoms with Gasteiger partial charge in [0.05, 0.1) is 13.2 Å². The largest absolute Gasteiger partial charge is 0.496 e. The van der Waals surface area contributed by atoms with Crippen molar-refractivity contribution in [2.24, 2.45) is 0 Å². The van der Waals surface area contributed by atoms with Crippen LogP contribution in [0.25, 0.3) is 0 Å². The van der Waals surface area contributed by atoms with Crippen LogP contribution in [-0.4, -0.2) is 19.6 Å². The van der Waals surface area contributed by atoms with E-state index in [9.17, 15) is 4.79 Å². The Bertz CT molecular complexity index is 665. The SMILES string of the molecule is COc1ccccc1[C@H](C)NC(=O)COc1ccc(C(C)C)cc1. The summed E-state index contributed by atoms with van der Waals surface area (Å²) in [6, 6.07) is 15.3. The molecule has 0 unspecified atom stereocenters. The van der Waals surface area contributed by atoms with Crippen molar-refractivity contribution < 1.29 is 14.3 Å². The molecule has 1 amide bonds. The molecule has 4 heteroatoms. The lowest BCUT2D eigenvalue weighted by molar-refractivity contribution is -0.123. The maximum Gasteiger partial charge on any atom is 0.258 e. The fourth-order valence-electron chi connectivity index (χ4n) is 2.48. The predicted octanol–water partition coefficient (Wildman–Crippen LogP) is 4.07. The Kier molecular flexibility index (Phi) is 6.24. The summed E-state index contributed by atoms with van der Waals surface area (Å²) in [5.41, 5.74) is 2.19. The maximum atomic E-state index is 12.1. The van der Waals surface area contributed by atoms with Crippen molar-refractivity contribution in [3.63, 3.8) is 0 Å². The topological polar surface area (TPSA) is 47.6 Å². The summed E-state index contributed by atoms with van der Waals surface area (Å²) in [7, 11) is 1.62. The minimum absolute atomic E-state index is 0.0134. The number of hydrogen-bond acceptors (Lipinski definition) is 3. The lowest BCUT2D eigenvalue weighted by atomic mass is 10.0. The van der Waals surface area contributed by atoms with Gasteiger partial charge in [-0.3, -0.25) is 4.79 Å². The number of ether oxygens (including phenoxy) is 2. The van der Waals surface area contributed by atoms with E-state index in [0.29, 0.717) is 11.7 Å². The van der Waals surface area contributed by atoms with Gasteiger partial charge >= 0.3 is 0 Å². The lowest BCUT2D eigenvalue weighted by Crippen LogP contribution is -2.31. The molecular formula is C20H25NO3. The lowest BCUT2D eigenvalue weighted by Gasteiger charge is -2.17. The monoisotopic (exact) mass is 327 g/mol. The van der Waals surface area contributed by atoms with Crippen molar-refractivity contribution >= 4 is 5.91 Å². The first-order valence-electron chi connectivity index (χ1n) is 8.16. The van der Waals surface area contributed by atoms with Crippen LogP contribution in [0.3, 0.4) is 0 Å². The van der Waals surface area contributed by atoms with Crippen LogP contribution in [-0.2, 0) is 4.79 Å². The van der Waals surface area contributed by atoms with Gasteiger partial charge in [0.1, 0.15) is 11.5 Å². The maximum absolute atomic E-state index is 12.1. The third kappa shape index (κ3) is 4.75. The highest BCUT2D eigenvalue weighted by atomic mass is 16.5. The number of nitrogens with one attached hydrogen (secondary N) is 1. The first-order chi connectivity index (χ1) is 11.5. The molecule has 2 aromatic rings. The van der Waals surface area contributed by atoms with Gasteiger partial charge in [-0.25, -0.2) is 0 Å². The molecule has 4 nitrogen and oxygen atoms in total. The number of methoxy groups -OCH3 is 1. The van der Waals surface area contributed by atoms with E-state index in [1.807, 2.05) is 55.5 Å². The van der Waals surface area contributed by atoms with E-state index in [2.05, 4.69) is 19.2 Å².